The number of para-hydroxylation sites is 2. The van der Waals surface area contributed by atoms with E-state index < -0.39 is 23.0 Å². The Bertz CT molecular complexity index is 700. The second-order valence-electron chi connectivity index (χ2n) is 4.95. The number of nitrogens with one attached hydrogen (secondary N) is 2. The van der Waals surface area contributed by atoms with Gasteiger partial charge in [-0.15, -0.1) is 0 Å². The molecule has 0 spiro atoms. The van der Waals surface area contributed by atoms with E-state index in [1.54, 1.807) is 19.9 Å². The van der Waals surface area contributed by atoms with Crippen LogP contribution in [0.25, 0.3) is 0 Å². The normalized spacial score (nSPS) is 16.9. The van der Waals surface area contributed by atoms with Crippen LogP contribution in [0, 0.1) is 10.1 Å². The molecule has 1 aliphatic rings. The standard InChI is InChI=1S/C15H17N3O6/c1-3-23-14(19)13-9(2)16-15(20)17-10(13)8-24-12-7-5-4-6-11(12)18(21)22/h4-7,9H,3,8H2,1-2H3,(H2,16,17,20). The molecule has 1 heterocycles. The molecule has 1 unspecified atom stereocenters. The molecule has 9 nitrogen and oxygen atoms in total. The SMILES string of the molecule is CCOC(=O)C1=C(COc2ccccc2[N+](=O)[O-])NC(=O)NC1C. The van der Waals surface area contributed by atoms with Crippen molar-refractivity contribution in [2.75, 3.05) is 13.2 Å². The molecule has 1 aliphatic heterocycles. The fourth-order valence-corrected chi connectivity index (χ4v) is 2.27. The van der Waals surface area contributed by atoms with Gasteiger partial charge in [-0.3, -0.25) is 10.1 Å². The van der Waals surface area contributed by atoms with Crippen LogP contribution >= 0.6 is 0 Å². The van der Waals surface area contributed by atoms with Crippen LogP contribution in [0.2, 0.25) is 0 Å². The van der Waals surface area contributed by atoms with Crippen LogP contribution in [0.4, 0.5) is 10.5 Å². The van der Waals surface area contributed by atoms with Crippen molar-refractivity contribution in [1.29, 1.82) is 0 Å². The monoisotopic (exact) mass is 335 g/mol. The van der Waals surface area contributed by atoms with Gasteiger partial charge in [-0.05, 0) is 19.9 Å². The van der Waals surface area contributed by atoms with Crippen molar-refractivity contribution in [2.24, 2.45) is 0 Å². The van der Waals surface area contributed by atoms with Crippen LogP contribution in [0.15, 0.2) is 35.5 Å². The van der Waals surface area contributed by atoms with Crippen molar-refractivity contribution in [3.63, 3.8) is 0 Å². The maximum absolute atomic E-state index is 12.1. The summed E-state index contributed by atoms with van der Waals surface area (Å²) in [7, 11) is 0. The van der Waals surface area contributed by atoms with E-state index in [-0.39, 0.29) is 35.9 Å². The third kappa shape index (κ3) is 3.80. The van der Waals surface area contributed by atoms with Crippen molar-refractivity contribution in [3.05, 3.63) is 45.6 Å². The van der Waals surface area contributed by atoms with E-state index in [4.69, 9.17) is 9.47 Å². The van der Waals surface area contributed by atoms with Gasteiger partial charge < -0.3 is 20.1 Å². The first-order valence-corrected chi connectivity index (χ1v) is 7.28. The van der Waals surface area contributed by atoms with Gasteiger partial charge in [-0.1, -0.05) is 12.1 Å². The second-order valence-corrected chi connectivity index (χ2v) is 4.95. The Morgan fingerprint density at radius 2 is 2.08 bits per heavy atom. The number of hydrogen-bond donors (Lipinski definition) is 2. The minimum Gasteiger partial charge on any atom is -0.480 e. The highest BCUT2D eigenvalue weighted by Gasteiger charge is 2.30. The third-order valence-corrected chi connectivity index (χ3v) is 3.30. The summed E-state index contributed by atoms with van der Waals surface area (Å²) in [6.07, 6.45) is 0. The van der Waals surface area contributed by atoms with Crippen LogP contribution < -0.4 is 15.4 Å². The minimum absolute atomic E-state index is 0.0404. The zero-order valence-corrected chi connectivity index (χ0v) is 13.2. The molecule has 128 valence electrons. The number of carbonyl (C=O) groups excluding carboxylic acids is 2. The number of esters is 1. The Balaban J connectivity index is 2.27. The van der Waals surface area contributed by atoms with E-state index in [0.29, 0.717) is 0 Å². The van der Waals surface area contributed by atoms with Crippen LogP contribution in [-0.4, -0.2) is 36.2 Å². The molecule has 2 N–H and O–H groups in total. The first-order chi connectivity index (χ1) is 11.4. The Morgan fingerprint density at radius 3 is 2.75 bits per heavy atom. The summed E-state index contributed by atoms with van der Waals surface area (Å²) in [6.45, 7) is 3.27. The molecular weight excluding hydrogens is 318 g/mol. The second kappa shape index (κ2) is 7.44. The first-order valence-electron chi connectivity index (χ1n) is 7.28. The van der Waals surface area contributed by atoms with Crippen molar-refractivity contribution >= 4 is 17.7 Å². The first kappa shape index (κ1) is 17.3. The van der Waals surface area contributed by atoms with Crippen LogP contribution in [-0.2, 0) is 9.53 Å². The maximum atomic E-state index is 12.1. The van der Waals surface area contributed by atoms with Gasteiger partial charge in [0.1, 0.15) is 6.61 Å². The van der Waals surface area contributed by atoms with Gasteiger partial charge in [-0.2, -0.15) is 0 Å². The van der Waals surface area contributed by atoms with E-state index in [0.717, 1.165) is 0 Å². The van der Waals surface area contributed by atoms with E-state index in [2.05, 4.69) is 10.6 Å². The summed E-state index contributed by atoms with van der Waals surface area (Å²) in [6, 6.07) is 4.79. The number of ether oxygens (including phenoxy) is 2. The van der Waals surface area contributed by atoms with Gasteiger partial charge in [0.05, 0.1) is 28.8 Å². The predicted molar refractivity (Wildman–Crippen MR) is 83.4 cm³/mol. The number of rotatable bonds is 6. The molecule has 0 radical (unpaired) electrons. The Morgan fingerprint density at radius 1 is 1.38 bits per heavy atom. The lowest BCUT2D eigenvalue weighted by Crippen LogP contribution is -2.50. The molecule has 1 atom stereocenters. The number of nitrogens with zero attached hydrogens (tertiary/aromatic N) is 1. The molecule has 2 amide bonds. The quantitative estimate of drug-likeness (QED) is 0.462. The molecule has 0 fully saturated rings. The molecule has 2 rings (SSSR count). The smallest absolute Gasteiger partial charge is 0.338 e. The van der Waals surface area contributed by atoms with Gasteiger partial charge in [0, 0.05) is 6.07 Å². The molecule has 24 heavy (non-hydrogen) atoms. The zero-order chi connectivity index (χ0) is 17.7. The molecule has 0 saturated carbocycles. The van der Waals surface area contributed by atoms with E-state index in [1.165, 1.54) is 18.2 Å². The predicted octanol–water partition coefficient (Wildman–Crippen LogP) is 1.49. The highest BCUT2D eigenvalue weighted by atomic mass is 16.6. The highest BCUT2D eigenvalue weighted by Crippen LogP contribution is 2.26. The zero-order valence-electron chi connectivity index (χ0n) is 13.2. The fraction of sp³-hybridized carbons (Fsp3) is 0.333. The van der Waals surface area contributed by atoms with Crippen LogP contribution in [0.3, 0.4) is 0 Å². The Kier molecular flexibility index (Phi) is 5.35. The lowest BCUT2D eigenvalue weighted by atomic mass is 10.0. The molecule has 0 aromatic heterocycles. The molecule has 0 aliphatic carbocycles. The number of nitro groups is 1. The molecule has 0 saturated heterocycles. The van der Waals surface area contributed by atoms with Crippen molar-refractivity contribution in [3.8, 4) is 5.75 Å². The van der Waals surface area contributed by atoms with Gasteiger partial charge in [0.15, 0.2) is 5.75 Å². The van der Waals surface area contributed by atoms with Crippen LogP contribution in [0.5, 0.6) is 5.75 Å². The van der Waals surface area contributed by atoms with Gasteiger partial charge in [-0.25, -0.2) is 9.59 Å². The number of carbonyl (C=O) groups is 2. The number of nitro benzene ring substituents is 1. The molecule has 0 bridgehead atoms. The summed E-state index contributed by atoms with van der Waals surface area (Å²) < 4.78 is 10.4. The molecule has 9 heteroatoms. The molecule has 1 aromatic carbocycles. The average molecular weight is 335 g/mol. The summed E-state index contributed by atoms with van der Waals surface area (Å²) >= 11 is 0. The largest absolute Gasteiger partial charge is 0.480 e. The Hall–Kier alpha value is -3.10. The lowest BCUT2D eigenvalue weighted by Gasteiger charge is -2.26. The van der Waals surface area contributed by atoms with Gasteiger partial charge in [0.25, 0.3) is 0 Å². The number of amides is 2. The number of hydrogen-bond acceptors (Lipinski definition) is 6. The summed E-state index contributed by atoms with van der Waals surface area (Å²) in [5.74, 6) is -0.544. The van der Waals surface area contributed by atoms with Gasteiger partial charge in [0.2, 0.25) is 0 Å². The van der Waals surface area contributed by atoms with E-state index in [1.807, 2.05) is 0 Å². The third-order valence-electron chi connectivity index (χ3n) is 3.30. The van der Waals surface area contributed by atoms with Gasteiger partial charge >= 0.3 is 17.7 Å². The fourth-order valence-electron chi connectivity index (χ4n) is 2.27. The lowest BCUT2D eigenvalue weighted by molar-refractivity contribution is -0.385. The maximum Gasteiger partial charge on any atom is 0.338 e. The minimum atomic E-state index is -0.585. The van der Waals surface area contributed by atoms with E-state index >= 15 is 0 Å². The molecular formula is C15H17N3O6. The van der Waals surface area contributed by atoms with Crippen LogP contribution in [0.1, 0.15) is 13.8 Å². The van der Waals surface area contributed by atoms with Crippen molar-refractivity contribution in [1.82, 2.24) is 10.6 Å². The topological polar surface area (TPSA) is 120 Å². The highest BCUT2D eigenvalue weighted by molar-refractivity contribution is 5.94. The summed E-state index contributed by atoms with van der Waals surface area (Å²) in [5.41, 5.74) is 0.224. The molecule has 1 aromatic rings. The average Bonchev–Trinajstić information content (AvgIpc) is 2.52. The summed E-state index contributed by atoms with van der Waals surface area (Å²) in [4.78, 5) is 34.1. The number of urea groups is 1. The van der Waals surface area contributed by atoms with Crippen molar-refractivity contribution < 1.29 is 24.0 Å². The van der Waals surface area contributed by atoms with Crippen molar-refractivity contribution in [2.45, 2.75) is 19.9 Å². The summed E-state index contributed by atoms with van der Waals surface area (Å²) in [5, 5.41) is 16.0. The van der Waals surface area contributed by atoms with E-state index in [9.17, 15) is 19.7 Å². The Labute approximate surface area is 137 Å². The number of benzene rings is 1.